The van der Waals surface area contributed by atoms with Gasteiger partial charge in [-0.1, -0.05) is 0 Å². The number of aromatic nitrogens is 3. The van der Waals surface area contributed by atoms with Crippen molar-refractivity contribution in [1.82, 2.24) is 14.1 Å². The Morgan fingerprint density at radius 1 is 1.21 bits per heavy atom. The van der Waals surface area contributed by atoms with E-state index in [1.165, 1.54) is 0 Å². The molecular weight excluding hydrogens is 188 g/mol. The highest BCUT2D eigenvalue weighted by molar-refractivity contribution is 4.74. The highest BCUT2D eigenvalue weighted by Gasteiger charge is 2.06. The SMILES string of the molecule is CCn1c(=O)[nH]c(=O)n(CCN)c1=O. The molecule has 0 spiro atoms. The number of nitrogens with one attached hydrogen (secondary N) is 1. The molecule has 0 atom stereocenters. The van der Waals surface area contributed by atoms with Gasteiger partial charge in [-0.25, -0.2) is 23.5 Å². The van der Waals surface area contributed by atoms with Crippen LogP contribution in [0, 0.1) is 0 Å². The van der Waals surface area contributed by atoms with Crippen LogP contribution in [0.2, 0.25) is 0 Å². The zero-order valence-corrected chi connectivity index (χ0v) is 7.82. The lowest BCUT2D eigenvalue weighted by molar-refractivity contribution is 0.527. The summed E-state index contributed by atoms with van der Waals surface area (Å²) in [6.07, 6.45) is 0. The highest BCUT2D eigenvalue weighted by Crippen LogP contribution is 1.68. The third-order valence-electron chi connectivity index (χ3n) is 1.83. The van der Waals surface area contributed by atoms with Gasteiger partial charge in [0.2, 0.25) is 0 Å². The number of rotatable bonds is 3. The van der Waals surface area contributed by atoms with Gasteiger partial charge in [0.1, 0.15) is 0 Å². The maximum absolute atomic E-state index is 11.5. The summed E-state index contributed by atoms with van der Waals surface area (Å²) in [4.78, 5) is 35.8. The maximum atomic E-state index is 11.5. The molecule has 0 saturated carbocycles. The van der Waals surface area contributed by atoms with Crippen LogP contribution in [0.4, 0.5) is 0 Å². The number of nitrogens with two attached hydrogens (primary N) is 1. The van der Waals surface area contributed by atoms with E-state index >= 15 is 0 Å². The first-order valence-electron chi connectivity index (χ1n) is 4.25. The largest absolute Gasteiger partial charge is 0.336 e. The van der Waals surface area contributed by atoms with Crippen LogP contribution in [0.3, 0.4) is 0 Å². The Morgan fingerprint density at radius 3 is 2.29 bits per heavy atom. The first kappa shape index (κ1) is 10.5. The molecule has 0 fully saturated rings. The second-order valence-electron chi connectivity index (χ2n) is 2.70. The number of aromatic amines is 1. The van der Waals surface area contributed by atoms with E-state index in [1.54, 1.807) is 6.92 Å². The maximum Gasteiger partial charge on any atom is 0.336 e. The number of nitrogens with zero attached hydrogens (tertiary/aromatic N) is 2. The molecule has 14 heavy (non-hydrogen) atoms. The zero-order chi connectivity index (χ0) is 10.7. The molecule has 78 valence electrons. The van der Waals surface area contributed by atoms with Crippen molar-refractivity contribution in [2.45, 2.75) is 20.0 Å². The van der Waals surface area contributed by atoms with E-state index in [9.17, 15) is 14.4 Å². The smallest absolute Gasteiger partial charge is 0.329 e. The fourth-order valence-corrected chi connectivity index (χ4v) is 1.15. The van der Waals surface area contributed by atoms with Crippen LogP contribution in [0.25, 0.3) is 0 Å². The molecule has 0 amide bonds. The lowest BCUT2D eigenvalue weighted by Gasteiger charge is -2.04. The van der Waals surface area contributed by atoms with E-state index in [1.807, 2.05) is 4.98 Å². The standard InChI is InChI=1S/C7H12N4O3/c1-2-10-5(12)9-6(13)11(4-3-8)7(10)14/h2-4,8H2,1H3,(H,9,12,13). The summed E-state index contributed by atoms with van der Waals surface area (Å²) >= 11 is 0. The molecule has 0 aliphatic rings. The Kier molecular flexibility index (Phi) is 3.03. The minimum atomic E-state index is -0.713. The van der Waals surface area contributed by atoms with Gasteiger partial charge in [-0.05, 0) is 6.92 Å². The molecule has 0 saturated heterocycles. The van der Waals surface area contributed by atoms with Crippen molar-refractivity contribution in [2.24, 2.45) is 5.73 Å². The molecule has 0 bridgehead atoms. The Hall–Kier alpha value is -1.63. The summed E-state index contributed by atoms with van der Waals surface area (Å²) in [6, 6.07) is 0. The zero-order valence-electron chi connectivity index (χ0n) is 7.82. The van der Waals surface area contributed by atoms with E-state index < -0.39 is 17.1 Å². The monoisotopic (exact) mass is 200 g/mol. The average Bonchev–Trinajstić information content (AvgIpc) is 2.12. The van der Waals surface area contributed by atoms with Gasteiger partial charge in [0.25, 0.3) is 0 Å². The molecule has 1 rings (SSSR count). The highest BCUT2D eigenvalue weighted by atomic mass is 16.2. The van der Waals surface area contributed by atoms with Gasteiger partial charge >= 0.3 is 17.1 Å². The number of hydrogen-bond acceptors (Lipinski definition) is 4. The fraction of sp³-hybridized carbons (Fsp3) is 0.571. The molecule has 0 aliphatic carbocycles. The van der Waals surface area contributed by atoms with Crippen LogP contribution in [-0.4, -0.2) is 20.7 Å². The van der Waals surface area contributed by atoms with Crippen molar-refractivity contribution in [2.75, 3.05) is 6.54 Å². The first-order chi connectivity index (χ1) is 6.61. The van der Waals surface area contributed by atoms with Gasteiger partial charge in [0.15, 0.2) is 0 Å². The Bertz CT molecular complexity index is 481. The summed E-state index contributed by atoms with van der Waals surface area (Å²) < 4.78 is 1.85. The first-order valence-corrected chi connectivity index (χ1v) is 4.25. The lowest BCUT2D eigenvalue weighted by atomic mass is 10.6. The Labute approximate surface area is 78.8 Å². The third-order valence-corrected chi connectivity index (χ3v) is 1.83. The normalized spacial score (nSPS) is 10.4. The van der Waals surface area contributed by atoms with Crippen LogP contribution < -0.4 is 22.8 Å². The third kappa shape index (κ3) is 1.67. The fourth-order valence-electron chi connectivity index (χ4n) is 1.15. The minimum Gasteiger partial charge on any atom is -0.329 e. The number of H-pyrrole nitrogens is 1. The molecule has 7 nitrogen and oxygen atoms in total. The molecule has 0 aliphatic heterocycles. The van der Waals surface area contributed by atoms with Gasteiger partial charge < -0.3 is 5.73 Å². The van der Waals surface area contributed by atoms with Crippen molar-refractivity contribution in [3.63, 3.8) is 0 Å². The molecule has 0 unspecified atom stereocenters. The van der Waals surface area contributed by atoms with Crippen molar-refractivity contribution in [3.05, 3.63) is 31.5 Å². The van der Waals surface area contributed by atoms with Crippen molar-refractivity contribution in [1.29, 1.82) is 0 Å². The molecular formula is C7H12N4O3. The Balaban J connectivity index is 3.53. The molecule has 1 heterocycles. The summed E-state index contributed by atoms with van der Waals surface area (Å²) in [6.45, 7) is 2.15. The predicted octanol–water partition coefficient (Wildman–Crippen LogP) is -2.32. The van der Waals surface area contributed by atoms with Crippen LogP contribution in [0.15, 0.2) is 14.4 Å². The Morgan fingerprint density at radius 2 is 1.79 bits per heavy atom. The number of hydrogen-bond donors (Lipinski definition) is 2. The molecule has 3 N–H and O–H groups in total. The quantitative estimate of drug-likeness (QED) is 0.571. The summed E-state index contributed by atoms with van der Waals surface area (Å²) in [5, 5.41) is 0. The van der Waals surface area contributed by atoms with Gasteiger partial charge in [-0.15, -0.1) is 0 Å². The summed E-state index contributed by atoms with van der Waals surface area (Å²) in [7, 11) is 0. The minimum absolute atomic E-state index is 0.106. The average molecular weight is 200 g/mol. The van der Waals surface area contributed by atoms with Gasteiger partial charge in [0, 0.05) is 19.6 Å². The molecule has 1 aromatic heterocycles. The van der Waals surface area contributed by atoms with E-state index in [4.69, 9.17) is 5.73 Å². The van der Waals surface area contributed by atoms with E-state index in [0.717, 1.165) is 9.13 Å². The molecule has 0 aromatic carbocycles. The van der Waals surface area contributed by atoms with E-state index in [-0.39, 0.29) is 19.6 Å². The van der Waals surface area contributed by atoms with Crippen LogP contribution in [0.1, 0.15) is 6.92 Å². The van der Waals surface area contributed by atoms with Crippen LogP contribution in [-0.2, 0) is 13.1 Å². The van der Waals surface area contributed by atoms with Crippen molar-refractivity contribution >= 4 is 0 Å². The molecule has 7 heteroatoms. The van der Waals surface area contributed by atoms with E-state index in [0.29, 0.717) is 0 Å². The second kappa shape index (κ2) is 4.05. The summed E-state index contributed by atoms with van der Waals surface area (Å²) in [5.41, 5.74) is 3.21. The second-order valence-corrected chi connectivity index (χ2v) is 2.70. The summed E-state index contributed by atoms with van der Waals surface area (Å²) in [5.74, 6) is 0. The lowest BCUT2D eigenvalue weighted by Crippen LogP contribution is -2.49. The van der Waals surface area contributed by atoms with Crippen LogP contribution in [0.5, 0.6) is 0 Å². The van der Waals surface area contributed by atoms with Gasteiger partial charge in [-0.3, -0.25) is 4.98 Å². The molecule has 0 radical (unpaired) electrons. The van der Waals surface area contributed by atoms with Crippen molar-refractivity contribution in [3.8, 4) is 0 Å². The van der Waals surface area contributed by atoms with E-state index in [2.05, 4.69) is 0 Å². The van der Waals surface area contributed by atoms with Crippen LogP contribution >= 0.6 is 0 Å². The molecule has 1 aromatic rings. The topological polar surface area (TPSA) is 103 Å². The van der Waals surface area contributed by atoms with Crippen molar-refractivity contribution < 1.29 is 0 Å². The predicted molar refractivity (Wildman–Crippen MR) is 50.3 cm³/mol. The van der Waals surface area contributed by atoms with Gasteiger partial charge in [-0.2, -0.15) is 0 Å². The van der Waals surface area contributed by atoms with Gasteiger partial charge in [0.05, 0.1) is 0 Å².